The van der Waals surface area contributed by atoms with Crippen molar-refractivity contribution in [3.05, 3.63) is 63.7 Å². The van der Waals surface area contributed by atoms with Crippen molar-refractivity contribution in [1.82, 2.24) is 0 Å². The first-order chi connectivity index (χ1) is 31.9. The fourth-order valence-electron chi connectivity index (χ4n) is 10.7. The van der Waals surface area contributed by atoms with E-state index in [0.29, 0.717) is 31.2 Å². The summed E-state index contributed by atoms with van der Waals surface area (Å²) in [5.74, 6) is -1.20. The fraction of sp³-hybridized carbons (Fsp3) is 0.673. The second-order valence-corrected chi connectivity index (χ2v) is 19.2. The van der Waals surface area contributed by atoms with Crippen LogP contribution in [-0.2, 0) is 49.1 Å². The maximum atomic E-state index is 14.1. The minimum Gasteiger partial charge on any atom is -0.507 e. The Labute approximate surface area is 388 Å². The average molecular weight is 941 g/mol. The SMILES string of the molecule is Cc1cc(O)c2c(c1)CC(O)C1=C2C(=O)c2cccc(OC3CC(O)C(OC4CC(OC5CCC(OC6CCC(OC7CC(O)C(O)C(C)O7)C(C)O6)C(C)O5)C(O)C(C)O4)C(C)O3)c2C1=O. The number of aliphatic hydroxyl groups is 5. The van der Waals surface area contributed by atoms with E-state index in [1.54, 1.807) is 39.8 Å². The molecule has 5 fully saturated rings. The molecule has 67 heavy (non-hydrogen) atoms. The first kappa shape index (κ1) is 48.6. The molecule has 0 spiro atoms. The molecule has 0 bridgehead atoms. The van der Waals surface area contributed by atoms with E-state index in [0.717, 1.165) is 5.56 Å². The lowest BCUT2D eigenvalue weighted by atomic mass is 9.73. The molecule has 0 radical (unpaired) electrons. The number of hydrogen-bond donors (Lipinski definition) is 6. The molecule has 5 aliphatic heterocycles. The lowest BCUT2D eigenvalue weighted by Gasteiger charge is -2.44. The van der Waals surface area contributed by atoms with E-state index in [4.69, 9.17) is 47.4 Å². The van der Waals surface area contributed by atoms with Crippen LogP contribution in [-0.4, -0.2) is 159 Å². The van der Waals surface area contributed by atoms with Crippen molar-refractivity contribution >= 4 is 17.1 Å². The number of aromatic hydroxyl groups is 1. The number of carbonyl (C=O) groups is 2. The minimum absolute atomic E-state index is 0.0206. The second-order valence-electron chi connectivity index (χ2n) is 19.2. The quantitative estimate of drug-likeness (QED) is 0.200. The summed E-state index contributed by atoms with van der Waals surface area (Å²) in [4.78, 5) is 28.2. The van der Waals surface area contributed by atoms with Crippen LogP contribution in [0, 0.1) is 6.92 Å². The molecule has 7 aliphatic rings. The highest BCUT2D eigenvalue weighted by Gasteiger charge is 2.47. The third-order valence-corrected chi connectivity index (χ3v) is 14.3. The molecule has 5 saturated heterocycles. The van der Waals surface area contributed by atoms with E-state index in [2.05, 4.69) is 0 Å². The largest absolute Gasteiger partial charge is 0.507 e. The maximum Gasteiger partial charge on any atom is 0.202 e. The number of rotatable bonds is 10. The zero-order chi connectivity index (χ0) is 47.6. The van der Waals surface area contributed by atoms with Crippen molar-refractivity contribution in [2.75, 3.05) is 0 Å². The van der Waals surface area contributed by atoms with Crippen LogP contribution in [0.5, 0.6) is 11.5 Å². The number of benzene rings is 2. The topological polar surface area (TPSA) is 248 Å². The average Bonchev–Trinajstić information content (AvgIpc) is 3.26. The Morgan fingerprint density at radius 3 is 1.81 bits per heavy atom. The summed E-state index contributed by atoms with van der Waals surface area (Å²) in [7, 11) is 0. The maximum absolute atomic E-state index is 14.1. The molecule has 2 aromatic carbocycles. The summed E-state index contributed by atoms with van der Waals surface area (Å²) in [5, 5.41) is 64.8. The van der Waals surface area contributed by atoms with Crippen LogP contribution in [0.1, 0.15) is 117 Å². The Morgan fingerprint density at radius 2 is 1.16 bits per heavy atom. The Bertz CT molecular complexity index is 2160. The summed E-state index contributed by atoms with van der Waals surface area (Å²) in [6.07, 6.45) is -11.0. The molecule has 18 heteroatoms. The number of ether oxygens (including phenoxy) is 10. The van der Waals surface area contributed by atoms with Gasteiger partial charge in [-0.25, -0.2) is 0 Å². The van der Waals surface area contributed by atoms with Gasteiger partial charge in [-0.3, -0.25) is 9.59 Å². The molecule has 0 amide bonds. The minimum atomic E-state index is -1.28. The predicted octanol–water partition coefficient (Wildman–Crippen LogP) is 3.27. The highest BCUT2D eigenvalue weighted by Crippen LogP contribution is 2.46. The third-order valence-electron chi connectivity index (χ3n) is 14.3. The number of aliphatic hydroxyl groups excluding tert-OH is 5. The van der Waals surface area contributed by atoms with Gasteiger partial charge in [-0.2, -0.15) is 0 Å². The number of ketones is 2. The fourth-order valence-corrected chi connectivity index (χ4v) is 10.7. The standard InChI is InChI=1S/C49H64O18/c1-20-14-26-16-29(51)43-44(41(26)28(50)15-20)47(56)27-8-7-9-34(42(27)48(43)57)65-39-18-31(53)49(25(6)62-39)67-40-19-35(46(55)24(5)61-40)66-37-13-10-32(21(2)59-37)63-36-12-11-33(22(3)58-36)64-38-17-30(52)45(54)23(4)60-38/h7-9,14-15,21-25,29-33,35-40,45-46,49-55H,10-13,16-19H2,1-6H3. The summed E-state index contributed by atoms with van der Waals surface area (Å²) >= 11 is 0. The first-order valence-corrected chi connectivity index (χ1v) is 23.7. The second kappa shape index (κ2) is 19.8. The third kappa shape index (κ3) is 9.86. The van der Waals surface area contributed by atoms with Crippen LogP contribution in [0.15, 0.2) is 35.9 Å². The van der Waals surface area contributed by atoms with Crippen molar-refractivity contribution in [1.29, 1.82) is 0 Å². The molecule has 368 valence electrons. The Hall–Kier alpha value is -3.44. The van der Waals surface area contributed by atoms with E-state index in [1.807, 2.05) is 13.8 Å². The highest BCUT2D eigenvalue weighted by atomic mass is 16.7. The number of fused-ring (bicyclic) bond motifs is 3. The van der Waals surface area contributed by atoms with Gasteiger partial charge in [-0.1, -0.05) is 18.2 Å². The molecule has 19 atom stereocenters. The van der Waals surface area contributed by atoms with Gasteiger partial charge in [-0.15, -0.1) is 0 Å². The van der Waals surface area contributed by atoms with Crippen LogP contribution in [0.3, 0.4) is 0 Å². The molecule has 5 heterocycles. The molecule has 18 nitrogen and oxygen atoms in total. The van der Waals surface area contributed by atoms with Gasteiger partial charge < -0.3 is 78.0 Å². The van der Waals surface area contributed by atoms with E-state index >= 15 is 0 Å². The Kier molecular flexibility index (Phi) is 14.3. The highest BCUT2D eigenvalue weighted by molar-refractivity contribution is 6.42. The number of phenolic OH excluding ortho intramolecular Hbond substituents is 1. The molecule has 2 aromatic rings. The lowest BCUT2D eigenvalue weighted by molar-refractivity contribution is -0.331. The normalized spacial score (nSPS) is 41.3. The van der Waals surface area contributed by atoms with Gasteiger partial charge in [0, 0.05) is 60.8 Å². The van der Waals surface area contributed by atoms with Gasteiger partial charge in [0.25, 0.3) is 0 Å². The monoisotopic (exact) mass is 940 g/mol. The molecular formula is C49H64O18. The zero-order valence-electron chi connectivity index (χ0n) is 38.6. The number of carbonyl (C=O) groups excluding carboxylic acids is 2. The van der Waals surface area contributed by atoms with E-state index in [-0.39, 0.29) is 89.4 Å². The van der Waals surface area contributed by atoms with Gasteiger partial charge in [0.2, 0.25) is 6.29 Å². The molecule has 6 N–H and O–H groups in total. The van der Waals surface area contributed by atoms with E-state index in [9.17, 15) is 40.2 Å². The van der Waals surface area contributed by atoms with Crippen molar-refractivity contribution in [2.24, 2.45) is 0 Å². The molecule has 9 rings (SSSR count). The summed E-state index contributed by atoms with van der Waals surface area (Å²) in [5.41, 5.74) is 1.49. The number of aryl methyl sites for hydroxylation is 1. The molecule has 0 aromatic heterocycles. The van der Waals surface area contributed by atoms with Crippen LogP contribution >= 0.6 is 0 Å². The van der Waals surface area contributed by atoms with Crippen LogP contribution in [0.25, 0.3) is 5.57 Å². The molecule has 2 aliphatic carbocycles. The smallest absolute Gasteiger partial charge is 0.202 e. The molecule has 19 unspecified atom stereocenters. The summed E-state index contributed by atoms with van der Waals surface area (Å²) in [6.45, 7) is 10.7. The number of Topliss-reactive ketones (excluding diaryl/α,β-unsaturated/α-hetero) is 2. The molecular weight excluding hydrogens is 877 g/mol. The Morgan fingerprint density at radius 1 is 0.582 bits per heavy atom. The summed E-state index contributed by atoms with van der Waals surface area (Å²) < 4.78 is 61.8. The van der Waals surface area contributed by atoms with Crippen LogP contribution < -0.4 is 4.74 Å². The Balaban J connectivity index is 0.765. The van der Waals surface area contributed by atoms with Gasteiger partial charge >= 0.3 is 0 Å². The van der Waals surface area contributed by atoms with Crippen LogP contribution in [0.4, 0.5) is 0 Å². The number of allylic oxidation sites excluding steroid dienone is 1. The van der Waals surface area contributed by atoms with Crippen molar-refractivity contribution in [2.45, 2.75) is 210 Å². The van der Waals surface area contributed by atoms with Gasteiger partial charge in [0.05, 0.1) is 72.7 Å². The van der Waals surface area contributed by atoms with Gasteiger partial charge in [-0.05, 0) is 77.6 Å². The van der Waals surface area contributed by atoms with Gasteiger partial charge in [0.1, 0.15) is 29.8 Å². The van der Waals surface area contributed by atoms with E-state index in [1.165, 1.54) is 18.2 Å². The van der Waals surface area contributed by atoms with E-state index < -0.39 is 104 Å². The van der Waals surface area contributed by atoms with Gasteiger partial charge in [0.15, 0.2) is 36.7 Å². The van der Waals surface area contributed by atoms with Crippen molar-refractivity contribution < 1.29 is 87.6 Å². The number of hydrogen-bond acceptors (Lipinski definition) is 18. The first-order valence-electron chi connectivity index (χ1n) is 23.7. The number of phenols is 1. The van der Waals surface area contributed by atoms with Crippen molar-refractivity contribution in [3.8, 4) is 11.5 Å². The summed E-state index contributed by atoms with van der Waals surface area (Å²) in [6, 6.07) is 7.92. The zero-order valence-corrected chi connectivity index (χ0v) is 38.6. The molecule has 0 saturated carbocycles. The predicted molar refractivity (Wildman–Crippen MR) is 233 cm³/mol. The van der Waals surface area contributed by atoms with Crippen LogP contribution in [0.2, 0.25) is 0 Å². The van der Waals surface area contributed by atoms with Crippen molar-refractivity contribution in [3.63, 3.8) is 0 Å². The lowest BCUT2D eigenvalue weighted by Crippen LogP contribution is -2.55.